The van der Waals surface area contributed by atoms with Gasteiger partial charge in [-0.05, 0) is 67.5 Å². The van der Waals surface area contributed by atoms with Crippen LogP contribution in [0.5, 0.6) is 0 Å². The molecule has 2 aliphatic rings. The van der Waals surface area contributed by atoms with Crippen LogP contribution in [-0.4, -0.2) is 36.3 Å². The summed E-state index contributed by atoms with van der Waals surface area (Å²) in [5.41, 5.74) is 3.40. The van der Waals surface area contributed by atoms with Crippen LogP contribution in [0, 0.1) is 0 Å². The minimum atomic E-state index is -3.47. The molecule has 1 saturated heterocycles. The Bertz CT molecular complexity index is 1240. The maximum absolute atomic E-state index is 13.0. The number of aromatic nitrogens is 1. The lowest BCUT2D eigenvalue weighted by atomic mass is 9.88. The number of nitrogens with one attached hydrogen (secondary N) is 1. The second-order valence-electron chi connectivity index (χ2n) is 8.84. The third-order valence-corrected chi connectivity index (χ3v) is 8.61. The van der Waals surface area contributed by atoms with Crippen molar-refractivity contribution in [3.05, 3.63) is 65.9 Å². The number of sulfonamides is 1. The van der Waals surface area contributed by atoms with E-state index in [9.17, 15) is 13.2 Å². The molecule has 0 saturated carbocycles. The van der Waals surface area contributed by atoms with Gasteiger partial charge < -0.3 is 9.88 Å². The number of carbonyl (C=O) groups is 1. The zero-order valence-corrected chi connectivity index (χ0v) is 19.0. The van der Waals surface area contributed by atoms with Crippen molar-refractivity contribution in [1.82, 2.24) is 14.2 Å². The fourth-order valence-electron chi connectivity index (χ4n) is 5.03. The predicted molar refractivity (Wildman–Crippen MR) is 125 cm³/mol. The van der Waals surface area contributed by atoms with Gasteiger partial charge in [-0.2, -0.15) is 4.31 Å². The van der Waals surface area contributed by atoms with E-state index in [4.69, 9.17) is 0 Å². The zero-order chi connectivity index (χ0) is 22.1. The molecule has 1 unspecified atom stereocenters. The number of carbonyl (C=O) groups excluding carboxylic acids is 1. The van der Waals surface area contributed by atoms with Crippen molar-refractivity contribution in [2.24, 2.45) is 0 Å². The topological polar surface area (TPSA) is 71.4 Å². The van der Waals surface area contributed by atoms with Gasteiger partial charge in [0.15, 0.2) is 0 Å². The number of hydrogen-bond donors (Lipinski definition) is 1. The van der Waals surface area contributed by atoms with Crippen molar-refractivity contribution in [2.45, 2.75) is 56.0 Å². The van der Waals surface area contributed by atoms with Gasteiger partial charge in [-0.3, -0.25) is 4.79 Å². The molecule has 32 heavy (non-hydrogen) atoms. The summed E-state index contributed by atoms with van der Waals surface area (Å²) >= 11 is 0. The van der Waals surface area contributed by atoms with Crippen LogP contribution in [0.4, 0.5) is 0 Å². The average Bonchev–Trinajstić information content (AvgIpc) is 3.22. The largest absolute Gasteiger partial charge is 0.348 e. The molecule has 1 aliphatic heterocycles. The first-order valence-electron chi connectivity index (χ1n) is 11.5. The minimum Gasteiger partial charge on any atom is -0.348 e. The Morgan fingerprint density at radius 1 is 1.00 bits per heavy atom. The third-order valence-electron chi connectivity index (χ3n) is 6.71. The quantitative estimate of drug-likeness (QED) is 0.637. The Kier molecular flexibility index (Phi) is 5.78. The number of nitrogens with zero attached hydrogens (tertiary/aromatic N) is 2. The van der Waals surface area contributed by atoms with E-state index in [1.165, 1.54) is 11.1 Å². The van der Waals surface area contributed by atoms with Gasteiger partial charge in [0.25, 0.3) is 0 Å². The molecule has 2 heterocycles. The molecule has 0 bridgehead atoms. The summed E-state index contributed by atoms with van der Waals surface area (Å²) in [5, 5.41) is 4.03. The Labute approximate surface area is 189 Å². The van der Waals surface area contributed by atoms with E-state index in [1.807, 2.05) is 29.0 Å². The van der Waals surface area contributed by atoms with Crippen LogP contribution in [0.3, 0.4) is 0 Å². The van der Waals surface area contributed by atoms with E-state index in [0.717, 1.165) is 49.4 Å². The molecular weight excluding hydrogens is 422 g/mol. The molecule has 6 nitrogen and oxygen atoms in total. The van der Waals surface area contributed by atoms with Crippen molar-refractivity contribution in [1.29, 1.82) is 0 Å². The first kappa shape index (κ1) is 21.2. The van der Waals surface area contributed by atoms with Crippen LogP contribution < -0.4 is 5.32 Å². The number of piperidine rings is 1. The summed E-state index contributed by atoms with van der Waals surface area (Å²) in [7, 11) is -3.47. The van der Waals surface area contributed by atoms with Gasteiger partial charge >= 0.3 is 0 Å². The van der Waals surface area contributed by atoms with Gasteiger partial charge in [0.2, 0.25) is 15.9 Å². The van der Waals surface area contributed by atoms with Crippen molar-refractivity contribution < 1.29 is 13.2 Å². The highest BCUT2D eigenvalue weighted by Crippen LogP contribution is 2.30. The molecule has 3 aromatic rings. The van der Waals surface area contributed by atoms with Crippen molar-refractivity contribution in [2.75, 3.05) is 13.1 Å². The summed E-state index contributed by atoms with van der Waals surface area (Å²) in [6.45, 7) is 1.39. The maximum atomic E-state index is 13.0. The van der Waals surface area contributed by atoms with E-state index >= 15 is 0 Å². The monoisotopic (exact) mass is 451 g/mol. The summed E-state index contributed by atoms with van der Waals surface area (Å²) in [6.07, 6.45) is 7.86. The zero-order valence-electron chi connectivity index (χ0n) is 18.2. The highest BCUT2D eigenvalue weighted by Gasteiger charge is 2.26. The van der Waals surface area contributed by atoms with E-state index in [-0.39, 0.29) is 18.5 Å². The minimum absolute atomic E-state index is 0.0331. The Hall–Kier alpha value is -2.64. The third kappa shape index (κ3) is 4.07. The van der Waals surface area contributed by atoms with E-state index in [1.54, 1.807) is 16.4 Å². The maximum Gasteiger partial charge on any atom is 0.243 e. The van der Waals surface area contributed by atoms with Gasteiger partial charge in [-0.15, -0.1) is 0 Å². The summed E-state index contributed by atoms with van der Waals surface area (Å²) in [5.74, 6) is -0.0331. The smallest absolute Gasteiger partial charge is 0.243 e. The molecule has 168 valence electrons. The second kappa shape index (κ2) is 8.71. The Morgan fingerprint density at radius 2 is 1.81 bits per heavy atom. The Balaban J connectivity index is 1.32. The Morgan fingerprint density at radius 3 is 2.66 bits per heavy atom. The molecule has 1 aromatic heterocycles. The highest BCUT2D eigenvalue weighted by molar-refractivity contribution is 7.89. The van der Waals surface area contributed by atoms with Crippen LogP contribution in [0.1, 0.15) is 49.3 Å². The number of rotatable bonds is 5. The van der Waals surface area contributed by atoms with Crippen molar-refractivity contribution >= 4 is 26.8 Å². The first-order valence-corrected chi connectivity index (χ1v) is 12.9. The van der Waals surface area contributed by atoms with Gasteiger partial charge in [0, 0.05) is 30.2 Å². The average molecular weight is 452 g/mol. The van der Waals surface area contributed by atoms with Crippen molar-refractivity contribution in [3.63, 3.8) is 0 Å². The molecule has 1 atom stereocenters. The van der Waals surface area contributed by atoms with E-state index in [0.29, 0.717) is 18.0 Å². The van der Waals surface area contributed by atoms with Crippen molar-refractivity contribution in [3.8, 4) is 0 Å². The SMILES string of the molecule is O=C(Cn1ccc2cc(S(=O)(=O)N3CCCCC3)ccc21)NC1CCCc2ccccc21. The summed E-state index contributed by atoms with van der Waals surface area (Å²) in [6, 6.07) is 15.5. The van der Waals surface area contributed by atoms with Crippen LogP contribution in [0.2, 0.25) is 0 Å². The molecule has 2 aromatic carbocycles. The standard InChI is InChI=1S/C25H29N3O3S/c29-25(26-23-10-6-8-19-7-2-3-9-22(19)23)18-27-16-13-20-17-21(11-12-24(20)27)32(30,31)28-14-4-1-5-15-28/h2-3,7,9,11-13,16-17,23H,1,4-6,8,10,14-15,18H2,(H,26,29). The fraction of sp³-hybridized carbons (Fsp3) is 0.400. The fourth-order valence-corrected chi connectivity index (χ4v) is 6.58. The molecule has 1 fully saturated rings. The van der Waals surface area contributed by atoms with E-state index < -0.39 is 10.0 Å². The van der Waals surface area contributed by atoms with Crippen LogP contribution in [-0.2, 0) is 27.8 Å². The highest BCUT2D eigenvalue weighted by atomic mass is 32.2. The van der Waals surface area contributed by atoms with Gasteiger partial charge in [0.1, 0.15) is 6.54 Å². The lowest BCUT2D eigenvalue weighted by molar-refractivity contribution is -0.122. The number of hydrogen-bond acceptors (Lipinski definition) is 3. The number of fused-ring (bicyclic) bond motifs is 2. The molecule has 0 radical (unpaired) electrons. The number of amides is 1. The van der Waals surface area contributed by atoms with E-state index in [2.05, 4.69) is 23.5 Å². The normalized spacial score (nSPS) is 19.6. The molecule has 1 N–H and O–H groups in total. The van der Waals surface area contributed by atoms with Crippen LogP contribution in [0.15, 0.2) is 59.6 Å². The van der Waals surface area contributed by atoms with Gasteiger partial charge in [-0.1, -0.05) is 30.7 Å². The van der Waals surface area contributed by atoms with Crippen LogP contribution in [0.25, 0.3) is 10.9 Å². The molecular formula is C25H29N3O3S. The van der Waals surface area contributed by atoms with Crippen LogP contribution >= 0.6 is 0 Å². The summed E-state index contributed by atoms with van der Waals surface area (Å²) in [4.78, 5) is 13.2. The molecule has 5 rings (SSSR count). The lowest BCUT2D eigenvalue weighted by Crippen LogP contribution is -2.35. The van der Waals surface area contributed by atoms with Gasteiger partial charge in [-0.25, -0.2) is 8.42 Å². The number of benzene rings is 2. The molecule has 1 amide bonds. The first-order chi connectivity index (χ1) is 15.5. The second-order valence-corrected chi connectivity index (χ2v) is 10.8. The molecule has 0 spiro atoms. The van der Waals surface area contributed by atoms with Gasteiger partial charge in [0.05, 0.1) is 10.9 Å². The summed E-state index contributed by atoms with van der Waals surface area (Å²) < 4.78 is 29.5. The molecule has 7 heteroatoms. The lowest BCUT2D eigenvalue weighted by Gasteiger charge is -2.26. The predicted octanol–water partition coefficient (Wildman–Crippen LogP) is 4.01. The number of aryl methyl sites for hydroxylation is 1. The molecule has 1 aliphatic carbocycles.